The van der Waals surface area contributed by atoms with Crippen molar-refractivity contribution in [3.63, 3.8) is 0 Å². The molecule has 2 rings (SSSR count). The van der Waals surface area contributed by atoms with Crippen LogP contribution in [0.1, 0.15) is 6.92 Å². The van der Waals surface area contributed by atoms with Crippen molar-refractivity contribution < 1.29 is 4.79 Å². The molecule has 0 unspecified atom stereocenters. The average Bonchev–Trinajstić information content (AvgIpc) is 2.60. The van der Waals surface area contributed by atoms with Crippen molar-refractivity contribution in [1.82, 2.24) is 15.1 Å². The van der Waals surface area contributed by atoms with E-state index in [0.717, 1.165) is 38.5 Å². The van der Waals surface area contributed by atoms with E-state index in [1.165, 1.54) is 4.90 Å². The molecule has 0 saturated carbocycles. The van der Waals surface area contributed by atoms with Gasteiger partial charge in [-0.05, 0) is 19.1 Å². The maximum Gasteiger partial charge on any atom is 0.237 e. The highest BCUT2D eigenvalue weighted by Crippen LogP contribution is 2.17. The van der Waals surface area contributed by atoms with Crippen molar-refractivity contribution in [3.8, 4) is 12.3 Å². The molecule has 1 aromatic rings. The first-order chi connectivity index (χ1) is 11.2. The summed E-state index contributed by atoms with van der Waals surface area (Å²) >= 11 is 1.90. The van der Waals surface area contributed by atoms with Gasteiger partial charge in [-0.15, -0.1) is 18.2 Å². The van der Waals surface area contributed by atoms with Gasteiger partial charge in [0.15, 0.2) is 0 Å². The van der Waals surface area contributed by atoms with Crippen LogP contribution in [0.2, 0.25) is 0 Å². The van der Waals surface area contributed by atoms with Crippen molar-refractivity contribution in [3.05, 3.63) is 30.3 Å². The second kappa shape index (κ2) is 9.61. The summed E-state index contributed by atoms with van der Waals surface area (Å²) in [5.74, 6) is 3.56. The summed E-state index contributed by atoms with van der Waals surface area (Å²) in [7, 11) is 0. The summed E-state index contributed by atoms with van der Waals surface area (Å²) in [6.45, 7) is 7.24. The number of benzene rings is 1. The Kier molecular flexibility index (Phi) is 7.47. The zero-order chi connectivity index (χ0) is 16.5. The molecule has 0 bridgehead atoms. The zero-order valence-electron chi connectivity index (χ0n) is 13.7. The largest absolute Gasteiger partial charge is 0.344 e. The number of hydrogen-bond donors (Lipinski definition) is 1. The molecule has 4 nitrogen and oxygen atoms in total. The normalized spacial score (nSPS) is 17.4. The van der Waals surface area contributed by atoms with E-state index in [-0.39, 0.29) is 11.9 Å². The molecule has 1 atom stereocenters. The van der Waals surface area contributed by atoms with Crippen LogP contribution in [0, 0.1) is 12.3 Å². The molecule has 1 saturated heterocycles. The molecule has 1 aromatic carbocycles. The summed E-state index contributed by atoms with van der Waals surface area (Å²) in [6, 6.07) is 10.4. The Balaban J connectivity index is 1.65. The average molecular weight is 331 g/mol. The first-order valence-corrected chi connectivity index (χ1v) is 9.04. The van der Waals surface area contributed by atoms with Crippen LogP contribution in [-0.2, 0) is 4.79 Å². The van der Waals surface area contributed by atoms with Crippen molar-refractivity contribution in [2.24, 2.45) is 0 Å². The molecule has 1 fully saturated rings. The second-order valence-corrected chi connectivity index (χ2v) is 6.81. The molecule has 0 radical (unpaired) electrons. The van der Waals surface area contributed by atoms with Gasteiger partial charge >= 0.3 is 0 Å². The first kappa shape index (κ1) is 17.9. The number of nitrogens with one attached hydrogen (secondary N) is 1. The van der Waals surface area contributed by atoms with Crippen LogP contribution in [0.25, 0.3) is 0 Å². The Bertz CT molecular complexity index is 521. The topological polar surface area (TPSA) is 35.6 Å². The van der Waals surface area contributed by atoms with Crippen LogP contribution in [0.5, 0.6) is 0 Å². The predicted molar refractivity (Wildman–Crippen MR) is 96.5 cm³/mol. The van der Waals surface area contributed by atoms with Crippen LogP contribution in [0.3, 0.4) is 0 Å². The molecule has 1 aliphatic heterocycles. The minimum Gasteiger partial charge on any atom is -0.344 e. The fraction of sp³-hybridized carbons (Fsp3) is 0.500. The molecule has 23 heavy (non-hydrogen) atoms. The summed E-state index contributed by atoms with van der Waals surface area (Å²) in [5.41, 5.74) is 0. The number of nitrogens with zero attached hydrogens (tertiary/aromatic N) is 2. The van der Waals surface area contributed by atoms with Crippen LogP contribution in [0.4, 0.5) is 0 Å². The lowest BCUT2D eigenvalue weighted by Gasteiger charge is -2.37. The Morgan fingerprint density at radius 2 is 2.00 bits per heavy atom. The van der Waals surface area contributed by atoms with Crippen LogP contribution < -0.4 is 5.32 Å². The summed E-state index contributed by atoms with van der Waals surface area (Å²) in [6.07, 6.45) is 5.18. The Morgan fingerprint density at radius 1 is 1.30 bits per heavy atom. The lowest BCUT2D eigenvalue weighted by atomic mass is 10.2. The fourth-order valence-electron chi connectivity index (χ4n) is 2.64. The number of piperazine rings is 1. The van der Waals surface area contributed by atoms with Gasteiger partial charge in [0.1, 0.15) is 0 Å². The SMILES string of the molecule is C#CCNC(=O)[C@@H](C)N1CCN(CCSc2ccccc2)CC1. The van der Waals surface area contributed by atoms with Crippen LogP contribution >= 0.6 is 11.8 Å². The van der Waals surface area contributed by atoms with Gasteiger partial charge < -0.3 is 5.32 Å². The Labute approximate surface area is 143 Å². The van der Waals surface area contributed by atoms with Gasteiger partial charge in [0.2, 0.25) is 5.91 Å². The number of thioether (sulfide) groups is 1. The lowest BCUT2D eigenvalue weighted by molar-refractivity contribution is -0.126. The molecule has 124 valence electrons. The van der Waals surface area contributed by atoms with Gasteiger partial charge in [-0.25, -0.2) is 0 Å². The number of terminal acetylenes is 1. The van der Waals surface area contributed by atoms with Gasteiger partial charge in [0.05, 0.1) is 12.6 Å². The smallest absolute Gasteiger partial charge is 0.237 e. The summed E-state index contributed by atoms with van der Waals surface area (Å²) < 4.78 is 0. The van der Waals surface area contributed by atoms with Crippen molar-refractivity contribution in [2.75, 3.05) is 45.0 Å². The molecule has 0 aliphatic carbocycles. The van der Waals surface area contributed by atoms with Crippen LogP contribution in [0.15, 0.2) is 35.2 Å². The predicted octanol–water partition coefficient (Wildman–Crippen LogP) is 1.53. The fourth-order valence-corrected chi connectivity index (χ4v) is 3.57. The maximum absolute atomic E-state index is 11.9. The molecule has 5 heteroatoms. The first-order valence-electron chi connectivity index (χ1n) is 8.06. The third-order valence-electron chi connectivity index (χ3n) is 4.12. The highest BCUT2D eigenvalue weighted by atomic mass is 32.2. The van der Waals surface area contributed by atoms with E-state index < -0.39 is 0 Å². The maximum atomic E-state index is 11.9. The third-order valence-corrected chi connectivity index (χ3v) is 5.11. The number of carbonyl (C=O) groups excluding carboxylic acids is 1. The van der Waals surface area contributed by atoms with E-state index in [1.54, 1.807) is 0 Å². The minimum absolute atomic E-state index is 0.0241. The van der Waals surface area contributed by atoms with Gasteiger partial charge in [-0.3, -0.25) is 14.6 Å². The number of rotatable bonds is 7. The molecule has 1 amide bonds. The van der Waals surface area contributed by atoms with Gasteiger partial charge in [-0.2, -0.15) is 0 Å². The van der Waals surface area contributed by atoms with E-state index in [9.17, 15) is 4.79 Å². The molecular weight excluding hydrogens is 306 g/mol. The van der Waals surface area contributed by atoms with E-state index >= 15 is 0 Å². The highest BCUT2D eigenvalue weighted by molar-refractivity contribution is 7.99. The van der Waals surface area contributed by atoms with Crippen molar-refractivity contribution in [1.29, 1.82) is 0 Å². The monoisotopic (exact) mass is 331 g/mol. The minimum atomic E-state index is -0.107. The Hall–Kier alpha value is -1.48. The van der Waals surface area contributed by atoms with Gasteiger partial charge in [-0.1, -0.05) is 24.1 Å². The van der Waals surface area contributed by atoms with E-state index in [2.05, 4.69) is 45.3 Å². The van der Waals surface area contributed by atoms with Gasteiger partial charge in [0, 0.05) is 43.4 Å². The molecule has 0 spiro atoms. The molecule has 1 heterocycles. The molecule has 1 aliphatic rings. The lowest BCUT2D eigenvalue weighted by Crippen LogP contribution is -2.54. The molecule has 1 N–H and O–H groups in total. The summed E-state index contributed by atoms with van der Waals surface area (Å²) in [4.78, 5) is 18.0. The van der Waals surface area contributed by atoms with E-state index in [1.807, 2.05) is 24.8 Å². The van der Waals surface area contributed by atoms with Crippen molar-refractivity contribution >= 4 is 17.7 Å². The zero-order valence-corrected chi connectivity index (χ0v) is 14.5. The quantitative estimate of drug-likeness (QED) is 0.607. The molecular formula is C18H25N3OS. The standard InChI is InChI=1S/C18H25N3OS/c1-3-9-19-18(22)16(2)21-12-10-20(11-13-21)14-15-23-17-7-5-4-6-8-17/h1,4-8,16H,9-15H2,2H3,(H,19,22)/t16-/m1/s1. The highest BCUT2D eigenvalue weighted by Gasteiger charge is 2.24. The van der Waals surface area contributed by atoms with Crippen LogP contribution in [-0.4, -0.2) is 66.8 Å². The van der Waals surface area contributed by atoms with Crippen molar-refractivity contribution in [2.45, 2.75) is 17.9 Å². The number of hydrogen-bond acceptors (Lipinski definition) is 4. The molecule has 0 aromatic heterocycles. The second-order valence-electron chi connectivity index (χ2n) is 5.64. The number of carbonyl (C=O) groups is 1. The van der Waals surface area contributed by atoms with E-state index in [0.29, 0.717) is 6.54 Å². The van der Waals surface area contributed by atoms with E-state index in [4.69, 9.17) is 6.42 Å². The summed E-state index contributed by atoms with van der Waals surface area (Å²) in [5, 5.41) is 2.76. The third kappa shape index (κ3) is 5.91. The van der Waals surface area contributed by atoms with Gasteiger partial charge in [0.25, 0.3) is 0 Å². The Morgan fingerprint density at radius 3 is 2.65 bits per heavy atom. The number of amides is 1.